The zero-order valence-electron chi connectivity index (χ0n) is 41.8. The van der Waals surface area contributed by atoms with Crippen molar-refractivity contribution in [3.8, 4) is 0 Å². The predicted octanol–water partition coefficient (Wildman–Crippen LogP) is 3.16. The molecule has 22 heteroatoms. The number of aliphatic carboxylic acids is 4. The van der Waals surface area contributed by atoms with Crippen molar-refractivity contribution in [2.45, 2.75) is 75.5 Å². The number of H-pyrrole nitrogens is 2. The number of carbonyl (C=O) groups is 6. The fourth-order valence-corrected chi connectivity index (χ4v) is 10.4. The third-order valence-electron chi connectivity index (χ3n) is 14.1. The molecule has 22 nitrogen and oxygen atoms in total. The van der Waals surface area contributed by atoms with Gasteiger partial charge in [0.05, 0.1) is 64.2 Å². The molecule has 74 heavy (non-hydrogen) atoms. The Morgan fingerprint density at radius 1 is 0.622 bits per heavy atom. The number of benzene rings is 2. The van der Waals surface area contributed by atoms with Crippen LogP contribution in [-0.2, 0) is 60.6 Å². The molecule has 0 spiro atoms. The number of carboxylic acids is 4. The first kappa shape index (κ1) is 57.8. The fourth-order valence-electron chi connectivity index (χ4n) is 10.4. The van der Waals surface area contributed by atoms with Gasteiger partial charge in [0, 0.05) is 65.3 Å². The van der Waals surface area contributed by atoms with Crippen molar-refractivity contribution in [1.29, 1.82) is 0 Å². The molecule has 2 fully saturated rings. The minimum absolute atomic E-state index is 0.0218. The average Bonchev–Trinajstić information content (AvgIpc) is 3.99. The molecule has 0 aliphatic carbocycles. The predicted molar refractivity (Wildman–Crippen MR) is 265 cm³/mol. The number of methoxy groups -OCH3 is 4. The van der Waals surface area contributed by atoms with Gasteiger partial charge in [-0.1, -0.05) is 55.8 Å². The average molecular weight is 1040 g/mol. The highest BCUT2D eigenvalue weighted by molar-refractivity contribution is 5.90. The Morgan fingerprint density at radius 3 is 1.36 bits per heavy atom. The Hall–Kier alpha value is -7.08. The summed E-state index contributed by atoms with van der Waals surface area (Å²) in [5.74, 6) is -6.90. The van der Waals surface area contributed by atoms with Crippen molar-refractivity contribution in [2.75, 3.05) is 54.6 Å². The Balaban J connectivity index is 0.000000203. The summed E-state index contributed by atoms with van der Waals surface area (Å²) in [7, 11) is 6.02. The van der Waals surface area contributed by atoms with Crippen LogP contribution in [0.3, 0.4) is 0 Å². The minimum atomic E-state index is -2.27. The number of carboxylic acid groups (broad SMARTS) is 4. The molecule has 0 saturated carbocycles. The van der Waals surface area contributed by atoms with E-state index in [0.29, 0.717) is 23.1 Å². The minimum Gasteiger partial charge on any atom is -0.504 e. The van der Waals surface area contributed by atoms with E-state index in [-0.39, 0.29) is 35.7 Å². The van der Waals surface area contributed by atoms with Crippen molar-refractivity contribution >= 4 is 57.6 Å². The van der Waals surface area contributed by atoms with Gasteiger partial charge in [-0.15, -0.1) is 6.58 Å². The lowest BCUT2D eigenvalue weighted by Crippen LogP contribution is -2.47. The molecular formula is C52H66N4O18. The number of aliphatic hydroxyl groups excluding tert-OH is 4. The highest BCUT2D eigenvalue weighted by Crippen LogP contribution is 2.47. The molecule has 4 unspecified atom stereocenters. The van der Waals surface area contributed by atoms with Crippen molar-refractivity contribution < 1.29 is 88.6 Å². The van der Waals surface area contributed by atoms with Gasteiger partial charge in [-0.2, -0.15) is 0 Å². The van der Waals surface area contributed by atoms with E-state index in [9.17, 15) is 28.8 Å². The summed E-state index contributed by atoms with van der Waals surface area (Å²) < 4.78 is 20.5. The smallest absolute Gasteiger partial charge is 0.337 e. The number of aromatic amines is 2. The van der Waals surface area contributed by atoms with E-state index >= 15 is 0 Å². The van der Waals surface area contributed by atoms with Crippen molar-refractivity contribution in [1.82, 2.24) is 19.8 Å². The van der Waals surface area contributed by atoms with Gasteiger partial charge in [-0.05, 0) is 66.7 Å². The van der Waals surface area contributed by atoms with Crippen LogP contribution in [0.25, 0.3) is 21.8 Å². The Labute approximate surface area is 426 Å². The zero-order chi connectivity index (χ0) is 54.6. The lowest BCUT2D eigenvalue weighted by molar-refractivity contribution is -0.165. The summed E-state index contributed by atoms with van der Waals surface area (Å²) >= 11 is 0. The Kier molecular flexibility index (Phi) is 20.5. The van der Waals surface area contributed by atoms with Gasteiger partial charge >= 0.3 is 35.8 Å². The molecule has 8 rings (SSSR count). The maximum absolute atomic E-state index is 12.4. The summed E-state index contributed by atoms with van der Waals surface area (Å²) in [6, 6.07) is 17.6. The second-order valence-electron chi connectivity index (χ2n) is 18.1. The van der Waals surface area contributed by atoms with Crippen LogP contribution in [0.5, 0.6) is 0 Å². The molecule has 2 aromatic carbocycles. The molecule has 4 aliphatic heterocycles. The maximum atomic E-state index is 12.4. The molecule has 0 radical (unpaired) electrons. The van der Waals surface area contributed by atoms with Crippen LogP contribution in [0.4, 0.5) is 0 Å². The molecule has 402 valence electrons. The zero-order valence-corrected chi connectivity index (χ0v) is 41.8. The molecule has 0 bridgehead atoms. The summed E-state index contributed by atoms with van der Waals surface area (Å²) in [6.45, 7) is 10.2. The fraction of sp³-hybridized carbons (Fsp3) is 0.462. The molecule has 2 aromatic heterocycles. The quantitative estimate of drug-likeness (QED) is 0.0375. The number of rotatable bonds is 14. The highest BCUT2D eigenvalue weighted by Gasteiger charge is 2.44. The third kappa shape index (κ3) is 13.0. The SMILES string of the molecule is C=C[C@H]1CN2CCc3c([nH]c4ccccc34)[C@@H]2C[C@@H]1/C(=C/OC)C(=O)OC.CC[C@H]1CN2CCc3c([nH]c4ccccc34)[C@@H]2C[C@@H]1C(=COC)C(=O)OC.O=C(O)C(O)C(O)C(=O)O.O=C(O)C(O)C(O)C(=O)O. The van der Waals surface area contributed by atoms with E-state index in [4.69, 9.17) is 59.8 Å². The van der Waals surface area contributed by atoms with Crippen molar-refractivity contribution in [3.63, 3.8) is 0 Å². The lowest BCUT2D eigenvalue weighted by Gasteiger charge is -2.46. The Bertz CT molecular complexity index is 2640. The molecule has 10 N–H and O–H groups in total. The van der Waals surface area contributed by atoms with E-state index in [2.05, 4.69) is 81.8 Å². The van der Waals surface area contributed by atoms with Gasteiger partial charge in [-0.3, -0.25) is 9.80 Å². The van der Waals surface area contributed by atoms with Crippen LogP contribution in [0, 0.1) is 23.7 Å². The molecule has 0 amide bonds. The van der Waals surface area contributed by atoms with E-state index in [1.807, 2.05) is 6.08 Å². The van der Waals surface area contributed by atoms with E-state index in [1.54, 1.807) is 20.5 Å². The molecule has 2 saturated heterocycles. The van der Waals surface area contributed by atoms with E-state index in [1.165, 1.54) is 64.8 Å². The standard InChI is InChI=1S/C22H28N2O3.C22H26N2O3.2C4H6O6/c2*1-4-14-12-24-10-9-16-15-7-5-6-8-19(15)23-21(16)20(24)11-17(14)18(13-26-2)22(25)27-3;2*5-1(3(7)8)2(6)4(9)10/h5-8,13-14,17,20,23H,4,9-12H2,1-3H3;4-8,13-14,17,20,23H,1,9-12H2,2-3H3;2*1-2,5-6H,(H,7,8)(H,9,10)/b;18-13-;;/t2*14-,17-,20-;;/m00../s1. The first-order valence-electron chi connectivity index (χ1n) is 23.8. The Morgan fingerprint density at radius 2 is 1.00 bits per heavy atom. The number of aromatic nitrogens is 2. The number of piperidine rings is 2. The van der Waals surface area contributed by atoms with Crippen LogP contribution in [0.1, 0.15) is 60.8 Å². The number of para-hydroxylation sites is 2. The van der Waals surface area contributed by atoms with Crippen LogP contribution >= 0.6 is 0 Å². The second kappa shape index (κ2) is 26.2. The van der Waals surface area contributed by atoms with Gasteiger partial charge in [-0.25, -0.2) is 28.8 Å². The maximum Gasteiger partial charge on any atom is 0.337 e. The first-order valence-corrected chi connectivity index (χ1v) is 23.8. The van der Waals surface area contributed by atoms with Crippen LogP contribution in [-0.4, -0.2) is 175 Å². The summed E-state index contributed by atoms with van der Waals surface area (Å²) in [4.78, 5) is 76.3. The first-order chi connectivity index (χ1) is 35.3. The van der Waals surface area contributed by atoms with Gasteiger partial charge in [0.25, 0.3) is 0 Å². The second-order valence-corrected chi connectivity index (χ2v) is 18.1. The number of ether oxygens (including phenoxy) is 4. The van der Waals surface area contributed by atoms with Crippen molar-refractivity contribution in [2.24, 2.45) is 23.7 Å². The number of aliphatic hydroxyl groups is 4. The van der Waals surface area contributed by atoms with E-state index < -0.39 is 48.3 Å². The largest absolute Gasteiger partial charge is 0.504 e. The molecule has 10 atom stereocenters. The monoisotopic (exact) mass is 1030 g/mol. The normalized spacial score (nSPS) is 23.0. The number of hydrogen-bond acceptors (Lipinski definition) is 16. The highest BCUT2D eigenvalue weighted by atomic mass is 16.5. The molecule has 6 heterocycles. The topological polar surface area (TPSA) is 339 Å². The number of carbonyl (C=O) groups excluding carboxylic acids is 2. The summed E-state index contributed by atoms with van der Waals surface area (Å²) in [5.41, 5.74) is 9.11. The number of nitrogens with one attached hydrogen (secondary N) is 2. The van der Waals surface area contributed by atoms with Gasteiger partial charge in [0.1, 0.15) is 0 Å². The number of nitrogens with zero attached hydrogens (tertiary/aromatic N) is 2. The van der Waals surface area contributed by atoms with Gasteiger partial charge < -0.3 is 69.8 Å². The molecular weight excluding hydrogens is 969 g/mol. The third-order valence-corrected chi connectivity index (χ3v) is 14.1. The van der Waals surface area contributed by atoms with Crippen molar-refractivity contribution in [3.05, 3.63) is 107 Å². The summed E-state index contributed by atoms with van der Waals surface area (Å²) in [6.07, 6.45) is 0.922. The van der Waals surface area contributed by atoms with Crippen LogP contribution in [0.2, 0.25) is 0 Å². The number of esters is 2. The molecule has 4 aromatic rings. The lowest BCUT2D eigenvalue weighted by atomic mass is 9.74. The van der Waals surface area contributed by atoms with Gasteiger partial charge in [0.2, 0.25) is 0 Å². The van der Waals surface area contributed by atoms with Crippen LogP contribution in [0.15, 0.2) is 84.9 Å². The van der Waals surface area contributed by atoms with Gasteiger partial charge in [0.15, 0.2) is 24.4 Å². The number of hydrogen-bond donors (Lipinski definition) is 10. The molecule has 4 aliphatic rings. The number of fused-ring (bicyclic) bond motifs is 10. The van der Waals surface area contributed by atoms with E-state index in [0.717, 1.165) is 58.3 Å². The van der Waals surface area contributed by atoms with Crippen LogP contribution < -0.4 is 0 Å². The summed E-state index contributed by atoms with van der Waals surface area (Å²) in [5, 5.41) is 67.7.